The van der Waals surface area contributed by atoms with Gasteiger partial charge in [-0.25, -0.2) is 14.3 Å². The van der Waals surface area contributed by atoms with E-state index in [1.165, 1.54) is 11.9 Å². The molecule has 0 aliphatic heterocycles. The Balaban J connectivity index is 1.31. The van der Waals surface area contributed by atoms with Crippen molar-refractivity contribution in [3.05, 3.63) is 78.4 Å². The Kier molecular flexibility index (Phi) is 7.94. The molecule has 0 saturated carbocycles. The molecule has 208 valence electrons. The first-order chi connectivity index (χ1) is 19.4. The number of hydrogen-bond donors (Lipinski definition) is 3. The fourth-order valence-corrected chi connectivity index (χ4v) is 4.47. The number of benzene rings is 2. The minimum atomic E-state index is -0.569. The molecule has 0 aliphatic carbocycles. The maximum atomic E-state index is 12.5. The van der Waals surface area contributed by atoms with E-state index in [4.69, 9.17) is 15.2 Å². The maximum absolute atomic E-state index is 12.5. The Bertz CT molecular complexity index is 1610. The number of nitrogens with zero attached hydrogens (tertiary/aromatic N) is 5. The zero-order valence-corrected chi connectivity index (χ0v) is 22.9. The van der Waals surface area contributed by atoms with Crippen molar-refractivity contribution in [2.75, 3.05) is 30.4 Å². The summed E-state index contributed by atoms with van der Waals surface area (Å²) in [6.45, 7) is 7.23. The van der Waals surface area contributed by atoms with Crippen LogP contribution in [0.4, 0.5) is 22.0 Å². The molecule has 0 fully saturated rings. The van der Waals surface area contributed by atoms with Crippen molar-refractivity contribution in [3.8, 4) is 0 Å². The molecular formula is C29H34N8O3. The van der Waals surface area contributed by atoms with Gasteiger partial charge >= 0.3 is 6.09 Å². The normalized spacial score (nSPS) is 11.7. The lowest BCUT2D eigenvalue weighted by atomic mass is 10.1. The molecule has 5 aromatic rings. The second kappa shape index (κ2) is 11.7. The first-order valence-electron chi connectivity index (χ1n) is 13.3. The molecule has 0 radical (unpaired) electrons. The van der Waals surface area contributed by atoms with Gasteiger partial charge in [-0.3, -0.25) is 10.00 Å². The summed E-state index contributed by atoms with van der Waals surface area (Å²) in [5.41, 5.74) is 10.6. The molecule has 1 amide bonds. The van der Waals surface area contributed by atoms with Crippen LogP contribution in [0.25, 0.3) is 16.4 Å². The summed E-state index contributed by atoms with van der Waals surface area (Å²) in [5.74, 6) is 0.627. The van der Waals surface area contributed by atoms with E-state index < -0.39 is 11.7 Å². The molecule has 0 unspecified atom stereocenters. The second-order valence-corrected chi connectivity index (χ2v) is 10.0. The molecule has 0 saturated heterocycles. The number of aryl methyl sites for hydroxylation is 1. The average Bonchev–Trinajstić information content (AvgIpc) is 3.52. The van der Waals surface area contributed by atoms with Crippen molar-refractivity contribution in [3.63, 3.8) is 0 Å². The van der Waals surface area contributed by atoms with E-state index in [1.807, 2.05) is 68.0 Å². The summed E-state index contributed by atoms with van der Waals surface area (Å²) in [7, 11) is 0. The zero-order chi connectivity index (χ0) is 28.1. The Morgan fingerprint density at radius 3 is 2.70 bits per heavy atom. The number of carbonyl (C=O) groups is 1. The van der Waals surface area contributed by atoms with E-state index in [2.05, 4.69) is 37.9 Å². The Morgan fingerprint density at radius 1 is 1.10 bits per heavy atom. The van der Waals surface area contributed by atoms with Crippen LogP contribution >= 0.6 is 0 Å². The molecule has 4 N–H and O–H groups in total. The van der Waals surface area contributed by atoms with E-state index in [0.717, 1.165) is 27.7 Å². The van der Waals surface area contributed by atoms with Gasteiger partial charge in [0.1, 0.15) is 18.5 Å². The lowest BCUT2D eigenvalue weighted by Crippen LogP contribution is -2.35. The molecule has 40 heavy (non-hydrogen) atoms. The van der Waals surface area contributed by atoms with E-state index in [9.17, 15) is 4.79 Å². The molecule has 3 aromatic heterocycles. The highest BCUT2D eigenvalue weighted by Gasteiger charge is 2.19. The third-order valence-corrected chi connectivity index (χ3v) is 6.65. The van der Waals surface area contributed by atoms with Gasteiger partial charge in [-0.1, -0.05) is 37.3 Å². The smallest absolute Gasteiger partial charge is 0.411 e. The van der Waals surface area contributed by atoms with Crippen LogP contribution in [0.5, 0.6) is 0 Å². The summed E-state index contributed by atoms with van der Waals surface area (Å²) in [6, 6.07) is 16.3. The van der Waals surface area contributed by atoms with E-state index in [-0.39, 0.29) is 13.2 Å². The third kappa shape index (κ3) is 6.05. The SMILES string of the molecule is CCc1c(NC(=O)OCCOC(C)(C)CN)cn2ncnc(Nc3ccc4c(cnn4Cc4ccccc4)c3)c12. The van der Waals surface area contributed by atoms with Crippen molar-refractivity contribution in [1.82, 2.24) is 24.4 Å². The van der Waals surface area contributed by atoms with Crippen molar-refractivity contribution in [2.45, 2.75) is 39.3 Å². The van der Waals surface area contributed by atoms with Crippen molar-refractivity contribution in [1.29, 1.82) is 0 Å². The topological polar surface area (TPSA) is 134 Å². The number of carbonyl (C=O) groups excluding carboxylic acids is 1. The fourth-order valence-electron chi connectivity index (χ4n) is 4.47. The van der Waals surface area contributed by atoms with Gasteiger partial charge in [0.05, 0.1) is 42.4 Å². The van der Waals surface area contributed by atoms with Crippen molar-refractivity contribution < 1.29 is 14.3 Å². The fraction of sp³-hybridized carbons (Fsp3) is 0.310. The number of ether oxygens (including phenoxy) is 2. The number of nitrogens with one attached hydrogen (secondary N) is 2. The number of fused-ring (bicyclic) bond motifs is 2. The van der Waals surface area contributed by atoms with Crippen LogP contribution in [0, 0.1) is 0 Å². The number of rotatable bonds is 11. The van der Waals surface area contributed by atoms with Crippen LogP contribution in [0.15, 0.2) is 67.3 Å². The van der Waals surface area contributed by atoms with Gasteiger partial charge in [0.2, 0.25) is 0 Å². The zero-order valence-electron chi connectivity index (χ0n) is 22.9. The van der Waals surface area contributed by atoms with Gasteiger partial charge in [-0.05, 0) is 44.0 Å². The molecule has 11 heteroatoms. The summed E-state index contributed by atoms with van der Waals surface area (Å²) in [5, 5.41) is 16.2. The van der Waals surface area contributed by atoms with Gasteiger partial charge in [0.15, 0.2) is 5.82 Å². The van der Waals surface area contributed by atoms with Crippen LogP contribution in [0.2, 0.25) is 0 Å². The van der Waals surface area contributed by atoms with Gasteiger partial charge in [0, 0.05) is 23.2 Å². The largest absolute Gasteiger partial charge is 0.447 e. The molecule has 5 rings (SSSR count). The quantitative estimate of drug-likeness (QED) is 0.204. The van der Waals surface area contributed by atoms with Crippen LogP contribution in [0.3, 0.4) is 0 Å². The minimum absolute atomic E-state index is 0.112. The van der Waals surface area contributed by atoms with Gasteiger partial charge < -0.3 is 20.5 Å². The van der Waals surface area contributed by atoms with Crippen LogP contribution in [-0.2, 0) is 22.4 Å². The minimum Gasteiger partial charge on any atom is -0.447 e. The number of anilines is 3. The Labute approximate surface area is 232 Å². The first kappa shape index (κ1) is 27.1. The van der Waals surface area contributed by atoms with Crippen molar-refractivity contribution in [2.24, 2.45) is 5.73 Å². The van der Waals surface area contributed by atoms with E-state index in [0.29, 0.717) is 31.0 Å². The predicted octanol–water partition coefficient (Wildman–Crippen LogP) is 4.74. The summed E-state index contributed by atoms with van der Waals surface area (Å²) < 4.78 is 14.6. The standard InChI is InChI=1S/C29H34N8O3/c1-4-23-24(35-28(38)39-12-13-40-29(2,3)18-30)17-37-26(23)27(31-19-33-37)34-22-10-11-25-21(14-22)15-32-36(25)16-20-8-6-5-7-9-20/h5-11,14-15,17,19H,4,12-13,16,18,30H2,1-3H3,(H,35,38)(H,31,33,34). The highest BCUT2D eigenvalue weighted by atomic mass is 16.6. The molecule has 0 aliphatic rings. The molecule has 0 spiro atoms. The molecular weight excluding hydrogens is 508 g/mol. The average molecular weight is 543 g/mol. The second-order valence-electron chi connectivity index (χ2n) is 10.0. The molecule has 0 bridgehead atoms. The predicted molar refractivity (Wildman–Crippen MR) is 155 cm³/mol. The number of amides is 1. The molecule has 11 nitrogen and oxygen atoms in total. The third-order valence-electron chi connectivity index (χ3n) is 6.65. The van der Waals surface area contributed by atoms with Gasteiger partial charge in [-0.15, -0.1) is 0 Å². The van der Waals surface area contributed by atoms with Gasteiger partial charge in [0.25, 0.3) is 0 Å². The van der Waals surface area contributed by atoms with E-state index >= 15 is 0 Å². The monoisotopic (exact) mass is 542 g/mol. The first-order valence-corrected chi connectivity index (χ1v) is 13.3. The van der Waals surface area contributed by atoms with Crippen LogP contribution in [0.1, 0.15) is 31.9 Å². The maximum Gasteiger partial charge on any atom is 0.411 e. The summed E-state index contributed by atoms with van der Waals surface area (Å²) in [6.07, 6.45) is 5.17. The van der Waals surface area contributed by atoms with Crippen molar-refractivity contribution >= 4 is 39.7 Å². The lowest BCUT2D eigenvalue weighted by molar-refractivity contribution is -0.0280. The van der Waals surface area contributed by atoms with Gasteiger partial charge in [-0.2, -0.15) is 10.2 Å². The van der Waals surface area contributed by atoms with E-state index in [1.54, 1.807) is 10.7 Å². The lowest BCUT2D eigenvalue weighted by Gasteiger charge is -2.22. The van der Waals surface area contributed by atoms with Crippen LogP contribution < -0.4 is 16.4 Å². The van der Waals surface area contributed by atoms with Crippen LogP contribution in [-0.4, -0.2) is 55.8 Å². The molecule has 2 aromatic carbocycles. The highest BCUT2D eigenvalue weighted by molar-refractivity contribution is 5.91. The Morgan fingerprint density at radius 2 is 1.93 bits per heavy atom. The summed E-state index contributed by atoms with van der Waals surface area (Å²) >= 11 is 0. The molecule has 0 atom stereocenters. The number of aromatic nitrogens is 5. The Hall–Kier alpha value is -4.48. The number of hydrogen-bond acceptors (Lipinski definition) is 8. The summed E-state index contributed by atoms with van der Waals surface area (Å²) in [4.78, 5) is 17.0. The number of nitrogens with two attached hydrogens (primary N) is 1. The highest BCUT2D eigenvalue weighted by Crippen LogP contribution is 2.30. The molecule has 3 heterocycles.